The topological polar surface area (TPSA) is 72.0 Å². The highest BCUT2D eigenvalue weighted by molar-refractivity contribution is 7.86. The van der Waals surface area contributed by atoms with Crippen LogP contribution in [0.1, 0.15) is 27.7 Å². The zero-order valence-corrected chi connectivity index (χ0v) is 16.3. The second kappa shape index (κ2) is 9.52. The molecule has 0 aliphatic rings. The van der Waals surface area contributed by atoms with Crippen LogP contribution in [0.4, 0.5) is 5.69 Å². The number of hydrogen-bond acceptors (Lipinski definition) is 4. The van der Waals surface area contributed by atoms with Gasteiger partial charge in [0.1, 0.15) is 0 Å². The van der Waals surface area contributed by atoms with Crippen LogP contribution in [-0.2, 0) is 10.8 Å². The van der Waals surface area contributed by atoms with Gasteiger partial charge in [0.15, 0.2) is 17.5 Å². The Hall–Kier alpha value is -1.76. The number of guanidine groups is 1. The van der Waals surface area contributed by atoms with E-state index < -0.39 is 10.8 Å². The van der Waals surface area contributed by atoms with Crippen molar-refractivity contribution in [3.05, 3.63) is 18.2 Å². The summed E-state index contributed by atoms with van der Waals surface area (Å²) >= 11 is 0. The average Bonchev–Trinajstić information content (AvgIpc) is 2.54. The van der Waals surface area contributed by atoms with Crippen molar-refractivity contribution in [2.45, 2.75) is 32.4 Å². The molecule has 2 N–H and O–H groups in total. The minimum absolute atomic E-state index is 0.207. The van der Waals surface area contributed by atoms with Gasteiger partial charge in [0, 0.05) is 46.6 Å². The third-order valence-corrected chi connectivity index (χ3v) is 5.15. The van der Waals surface area contributed by atoms with Crippen molar-refractivity contribution >= 4 is 22.4 Å². The van der Waals surface area contributed by atoms with Crippen molar-refractivity contribution in [3.63, 3.8) is 0 Å². The van der Waals surface area contributed by atoms with E-state index in [2.05, 4.69) is 15.6 Å². The zero-order valence-electron chi connectivity index (χ0n) is 15.4. The molecule has 1 aromatic rings. The Kier molecular flexibility index (Phi) is 8.04. The highest BCUT2D eigenvalue weighted by atomic mass is 32.2. The molecule has 0 aromatic heterocycles. The third-order valence-electron chi connectivity index (χ3n) is 3.21. The van der Waals surface area contributed by atoms with Crippen LogP contribution in [0.15, 0.2) is 23.2 Å². The molecule has 0 aliphatic carbocycles. The van der Waals surface area contributed by atoms with Gasteiger partial charge >= 0.3 is 0 Å². The van der Waals surface area contributed by atoms with Gasteiger partial charge in [-0.15, -0.1) is 0 Å². The molecule has 0 saturated heterocycles. The number of benzene rings is 1. The first kappa shape index (κ1) is 20.3. The van der Waals surface area contributed by atoms with E-state index in [1.54, 1.807) is 14.2 Å². The van der Waals surface area contributed by atoms with Crippen LogP contribution >= 0.6 is 0 Å². The van der Waals surface area contributed by atoms with Gasteiger partial charge in [-0.25, -0.2) is 0 Å². The summed E-state index contributed by atoms with van der Waals surface area (Å²) in [6.07, 6.45) is 0. The largest absolute Gasteiger partial charge is 0.493 e. The lowest BCUT2D eigenvalue weighted by atomic mass is 10.2. The number of rotatable bonds is 7. The van der Waals surface area contributed by atoms with E-state index in [-0.39, 0.29) is 4.75 Å². The van der Waals surface area contributed by atoms with Crippen molar-refractivity contribution in [3.8, 4) is 11.5 Å². The Labute approximate surface area is 147 Å². The minimum atomic E-state index is -0.895. The lowest BCUT2D eigenvalue weighted by Crippen LogP contribution is -2.36. The van der Waals surface area contributed by atoms with E-state index in [0.29, 0.717) is 36.4 Å². The van der Waals surface area contributed by atoms with E-state index in [1.807, 2.05) is 45.9 Å². The summed E-state index contributed by atoms with van der Waals surface area (Å²) in [4.78, 5) is 4.18. The van der Waals surface area contributed by atoms with Gasteiger partial charge in [-0.3, -0.25) is 9.20 Å². The molecule has 1 aromatic carbocycles. The monoisotopic (exact) mass is 355 g/mol. The van der Waals surface area contributed by atoms with Gasteiger partial charge in [-0.1, -0.05) is 0 Å². The van der Waals surface area contributed by atoms with Gasteiger partial charge in [0.25, 0.3) is 0 Å². The van der Waals surface area contributed by atoms with Gasteiger partial charge in [0.2, 0.25) is 0 Å². The van der Waals surface area contributed by atoms with Crippen LogP contribution in [0, 0.1) is 0 Å². The van der Waals surface area contributed by atoms with Crippen LogP contribution in [-0.4, -0.2) is 48.0 Å². The zero-order chi connectivity index (χ0) is 18.2. The molecule has 0 bridgehead atoms. The number of methoxy groups -OCH3 is 1. The number of nitrogens with one attached hydrogen (secondary N) is 2. The number of anilines is 1. The van der Waals surface area contributed by atoms with Gasteiger partial charge in [-0.2, -0.15) is 0 Å². The molecule has 0 fully saturated rings. The first-order chi connectivity index (χ1) is 11.3. The van der Waals surface area contributed by atoms with Crippen LogP contribution in [0.2, 0.25) is 0 Å². The third kappa shape index (κ3) is 6.39. The molecule has 6 nitrogen and oxygen atoms in total. The first-order valence-electron chi connectivity index (χ1n) is 7.98. The molecule has 0 amide bonds. The van der Waals surface area contributed by atoms with Crippen molar-refractivity contribution in [2.75, 3.05) is 38.4 Å². The molecule has 24 heavy (non-hydrogen) atoms. The number of nitrogens with zero attached hydrogens (tertiary/aromatic N) is 1. The lowest BCUT2D eigenvalue weighted by Gasteiger charge is -2.18. The maximum Gasteiger partial charge on any atom is 0.195 e. The van der Waals surface area contributed by atoms with Crippen LogP contribution < -0.4 is 20.1 Å². The molecule has 0 heterocycles. The van der Waals surface area contributed by atoms with E-state index in [0.717, 1.165) is 5.69 Å². The van der Waals surface area contributed by atoms with Crippen molar-refractivity contribution < 1.29 is 13.7 Å². The normalized spacial score (nSPS) is 13.3. The standard InChI is InChI=1S/C17H29N3O3S/c1-7-23-14-9-8-13(12-15(14)22-6)20-16(18-5)19-10-11-24(21)17(2,3)4/h8-9,12H,7,10-11H2,1-6H3,(H2,18,19,20). The van der Waals surface area contributed by atoms with Gasteiger partial charge in [0.05, 0.1) is 13.7 Å². The van der Waals surface area contributed by atoms with Crippen molar-refractivity contribution in [2.24, 2.45) is 4.99 Å². The molecule has 0 spiro atoms. The predicted octanol–water partition coefficient (Wildman–Crippen LogP) is 2.63. The molecule has 136 valence electrons. The molecule has 1 atom stereocenters. The molecule has 0 radical (unpaired) electrons. The Balaban J connectivity index is 2.64. The Morgan fingerprint density at radius 2 is 2.00 bits per heavy atom. The Bertz CT molecular complexity index is 583. The van der Waals surface area contributed by atoms with Crippen LogP contribution in [0.5, 0.6) is 11.5 Å². The highest BCUT2D eigenvalue weighted by Crippen LogP contribution is 2.30. The number of hydrogen-bond donors (Lipinski definition) is 2. The minimum Gasteiger partial charge on any atom is -0.493 e. The molecule has 7 heteroatoms. The van der Waals surface area contributed by atoms with Gasteiger partial charge < -0.3 is 20.1 Å². The summed E-state index contributed by atoms with van der Waals surface area (Å²) in [5.74, 6) is 2.55. The molecule has 1 unspecified atom stereocenters. The maximum absolute atomic E-state index is 12.1. The summed E-state index contributed by atoms with van der Waals surface area (Å²) in [6, 6.07) is 5.60. The summed E-state index contributed by atoms with van der Waals surface area (Å²) in [6.45, 7) is 9.01. The second-order valence-corrected chi connectivity index (χ2v) is 8.41. The Morgan fingerprint density at radius 1 is 1.29 bits per heavy atom. The fourth-order valence-electron chi connectivity index (χ4n) is 1.90. The smallest absolute Gasteiger partial charge is 0.195 e. The average molecular weight is 356 g/mol. The Morgan fingerprint density at radius 3 is 2.54 bits per heavy atom. The van der Waals surface area contributed by atoms with Crippen molar-refractivity contribution in [1.29, 1.82) is 0 Å². The maximum atomic E-state index is 12.1. The quantitative estimate of drug-likeness (QED) is 0.581. The summed E-state index contributed by atoms with van der Waals surface area (Å²) in [7, 11) is 2.41. The summed E-state index contributed by atoms with van der Waals surface area (Å²) < 4.78 is 22.7. The summed E-state index contributed by atoms with van der Waals surface area (Å²) in [5, 5.41) is 6.36. The molecule has 0 aliphatic heterocycles. The molecular weight excluding hydrogens is 326 g/mol. The first-order valence-corrected chi connectivity index (χ1v) is 9.30. The lowest BCUT2D eigenvalue weighted by molar-refractivity contribution is 0.311. The van der Waals surface area contributed by atoms with Crippen LogP contribution in [0.25, 0.3) is 0 Å². The number of ether oxygens (including phenoxy) is 2. The van der Waals surface area contributed by atoms with E-state index in [4.69, 9.17) is 9.47 Å². The van der Waals surface area contributed by atoms with E-state index >= 15 is 0 Å². The molecular formula is C17H29N3O3S. The SMILES string of the molecule is CCOc1ccc(NC(=NC)NCCS(=O)C(C)(C)C)cc1OC. The second-order valence-electron chi connectivity index (χ2n) is 6.08. The molecule has 0 saturated carbocycles. The summed E-state index contributed by atoms with van der Waals surface area (Å²) in [5.41, 5.74) is 0.834. The fraction of sp³-hybridized carbons (Fsp3) is 0.588. The van der Waals surface area contributed by atoms with Crippen LogP contribution in [0.3, 0.4) is 0 Å². The highest BCUT2D eigenvalue weighted by Gasteiger charge is 2.18. The van der Waals surface area contributed by atoms with Gasteiger partial charge in [-0.05, 0) is 39.8 Å². The van der Waals surface area contributed by atoms with E-state index in [1.165, 1.54) is 0 Å². The van der Waals surface area contributed by atoms with Crippen molar-refractivity contribution in [1.82, 2.24) is 5.32 Å². The van der Waals surface area contributed by atoms with E-state index in [9.17, 15) is 4.21 Å². The number of aliphatic imine (C=N–C) groups is 1. The predicted molar refractivity (Wildman–Crippen MR) is 102 cm³/mol. The fourth-order valence-corrected chi connectivity index (χ4v) is 2.80. The molecule has 1 rings (SSSR count).